The maximum Gasteiger partial charge on any atom is 0.262 e. The van der Waals surface area contributed by atoms with Crippen LogP contribution in [0.4, 0.5) is 5.69 Å². The molecule has 0 bridgehead atoms. The van der Waals surface area contributed by atoms with E-state index < -0.39 is 10.0 Å². The molecule has 0 saturated heterocycles. The predicted molar refractivity (Wildman–Crippen MR) is 85.5 cm³/mol. The summed E-state index contributed by atoms with van der Waals surface area (Å²) in [5.41, 5.74) is 2.33. The number of hydrogen-bond donors (Lipinski definition) is 1. The SMILES string of the molecule is CCc1ccccc1NS(=O)(=O)c1cc(Br)ccc1C. The number of anilines is 1. The molecule has 0 aliphatic heterocycles. The molecule has 0 saturated carbocycles. The van der Waals surface area contributed by atoms with Gasteiger partial charge in [-0.15, -0.1) is 0 Å². The Bertz CT molecular complexity index is 726. The first-order valence-electron chi connectivity index (χ1n) is 6.31. The zero-order valence-corrected chi connectivity index (χ0v) is 13.8. The van der Waals surface area contributed by atoms with Gasteiger partial charge in [0.15, 0.2) is 0 Å². The van der Waals surface area contributed by atoms with E-state index in [1.54, 1.807) is 25.1 Å². The minimum atomic E-state index is -3.58. The Labute approximate surface area is 128 Å². The molecule has 2 aromatic carbocycles. The van der Waals surface area contributed by atoms with Gasteiger partial charge < -0.3 is 0 Å². The largest absolute Gasteiger partial charge is 0.279 e. The zero-order chi connectivity index (χ0) is 14.8. The predicted octanol–water partition coefficient (Wildman–Crippen LogP) is 4.12. The second kappa shape index (κ2) is 5.97. The molecule has 0 aliphatic rings. The summed E-state index contributed by atoms with van der Waals surface area (Å²) in [4.78, 5) is 0.290. The maximum absolute atomic E-state index is 12.5. The molecular weight excluding hydrogens is 338 g/mol. The van der Waals surface area contributed by atoms with Gasteiger partial charge in [0.1, 0.15) is 0 Å². The van der Waals surface area contributed by atoms with E-state index in [0.717, 1.165) is 22.0 Å². The third-order valence-electron chi connectivity index (χ3n) is 3.08. The fourth-order valence-electron chi connectivity index (χ4n) is 1.99. The second-order valence-corrected chi connectivity index (χ2v) is 7.09. The normalized spacial score (nSPS) is 11.3. The van der Waals surface area contributed by atoms with E-state index in [1.165, 1.54) is 0 Å². The summed E-state index contributed by atoms with van der Waals surface area (Å²) < 4.78 is 28.4. The van der Waals surface area contributed by atoms with Crippen LogP contribution < -0.4 is 4.72 Å². The van der Waals surface area contributed by atoms with Crippen LogP contribution in [0.25, 0.3) is 0 Å². The van der Waals surface area contributed by atoms with Gasteiger partial charge in [0.25, 0.3) is 10.0 Å². The lowest BCUT2D eigenvalue weighted by molar-refractivity contribution is 0.600. The quantitative estimate of drug-likeness (QED) is 0.898. The molecule has 0 aromatic heterocycles. The highest BCUT2D eigenvalue weighted by Gasteiger charge is 2.18. The molecule has 0 unspecified atom stereocenters. The van der Waals surface area contributed by atoms with Gasteiger partial charge in [-0.3, -0.25) is 4.72 Å². The Morgan fingerprint density at radius 3 is 2.55 bits per heavy atom. The van der Waals surface area contributed by atoms with Crippen molar-refractivity contribution < 1.29 is 8.42 Å². The lowest BCUT2D eigenvalue weighted by Crippen LogP contribution is -2.15. The summed E-state index contributed by atoms with van der Waals surface area (Å²) in [6.07, 6.45) is 0.774. The molecule has 0 fully saturated rings. The monoisotopic (exact) mass is 353 g/mol. The molecule has 1 N–H and O–H groups in total. The van der Waals surface area contributed by atoms with Gasteiger partial charge in [-0.25, -0.2) is 8.42 Å². The van der Waals surface area contributed by atoms with Crippen LogP contribution in [0.1, 0.15) is 18.1 Å². The lowest BCUT2D eigenvalue weighted by atomic mass is 10.1. The van der Waals surface area contributed by atoms with Crippen molar-refractivity contribution in [3.05, 3.63) is 58.1 Å². The molecule has 106 valence electrons. The average Bonchev–Trinajstić information content (AvgIpc) is 2.41. The number of benzene rings is 2. The van der Waals surface area contributed by atoms with Crippen molar-refractivity contribution in [1.82, 2.24) is 0 Å². The lowest BCUT2D eigenvalue weighted by Gasteiger charge is -2.13. The summed E-state index contributed by atoms with van der Waals surface area (Å²) in [5.74, 6) is 0. The number of hydrogen-bond acceptors (Lipinski definition) is 2. The summed E-state index contributed by atoms with van der Waals surface area (Å²) in [5, 5.41) is 0. The van der Waals surface area contributed by atoms with Gasteiger partial charge in [-0.2, -0.15) is 0 Å². The summed E-state index contributed by atoms with van der Waals surface area (Å²) >= 11 is 3.31. The van der Waals surface area contributed by atoms with Crippen LogP contribution in [-0.4, -0.2) is 8.42 Å². The standard InChI is InChI=1S/C15H16BrNO2S/c1-3-12-6-4-5-7-14(12)17-20(18,19)15-10-13(16)9-8-11(15)2/h4-10,17H,3H2,1-2H3. The van der Waals surface area contributed by atoms with Gasteiger partial charge in [-0.05, 0) is 42.7 Å². The third-order valence-corrected chi connectivity index (χ3v) is 5.08. The molecule has 0 atom stereocenters. The molecule has 0 amide bonds. The van der Waals surface area contributed by atoms with Crippen molar-refractivity contribution in [1.29, 1.82) is 0 Å². The third kappa shape index (κ3) is 3.22. The highest BCUT2D eigenvalue weighted by Crippen LogP contribution is 2.24. The second-order valence-electron chi connectivity index (χ2n) is 4.53. The molecule has 5 heteroatoms. The van der Waals surface area contributed by atoms with E-state index in [1.807, 2.05) is 31.2 Å². The first-order valence-corrected chi connectivity index (χ1v) is 8.58. The van der Waals surface area contributed by atoms with Gasteiger partial charge in [0.05, 0.1) is 10.6 Å². The molecule has 20 heavy (non-hydrogen) atoms. The van der Waals surface area contributed by atoms with Gasteiger partial charge in [0.2, 0.25) is 0 Å². The van der Waals surface area contributed by atoms with Crippen LogP contribution in [0.2, 0.25) is 0 Å². The summed E-state index contributed by atoms with van der Waals surface area (Å²) in [6.45, 7) is 3.78. The first kappa shape index (κ1) is 15.1. The molecule has 0 radical (unpaired) electrons. The Balaban J connectivity index is 2.43. The van der Waals surface area contributed by atoms with E-state index in [0.29, 0.717) is 5.69 Å². The van der Waals surface area contributed by atoms with Crippen molar-refractivity contribution >= 4 is 31.6 Å². The Morgan fingerprint density at radius 2 is 1.85 bits per heavy atom. The van der Waals surface area contributed by atoms with E-state index >= 15 is 0 Å². The molecule has 2 aromatic rings. The van der Waals surface area contributed by atoms with Crippen molar-refractivity contribution in [2.75, 3.05) is 4.72 Å². The van der Waals surface area contributed by atoms with Crippen LogP contribution in [-0.2, 0) is 16.4 Å². The fourth-order valence-corrected chi connectivity index (χ4v) is 3.88. The van der Waals surface area contributed by atoms with Crippen LogP contribution in [0.5, 0.6) is 0 Å². The molecule has 0 heterocycles. The van der Waals surface area contributed by atoms with Gasteiger partial charge in [0, 0.05) is 4.47 Å². The van der Waals surface area contributed by atoms with Crippen molar-refractivity contribution in [2.24, 2.45) is 0 Å². The zero-order valence-electron chi connectivity index (χ0n) is 11.4. The number of nitrogens with one attached hydrogen (secondary N) is 1. The number of halogens is 1. The minimum absolute atomic E-state index is 0.290. The van der Waals surface area contributed by atoms with E-state index in [-0.39, 0.29) is 4.90 Å². The Hall–Kier alpha value is -1.33. The number of sulfonamides is 1. The van der Waals surface area contributed by atoms with Crippen LogP contribution in [0.15, 0.2) is 51.8 Å². The first-order chi connectivity index (χ1) is 9.44. The molecule has 2 rings (SSSR count). The highest BCUT2D eigenvalue weighted by atomic mass is 79.9. The number of para-hydroxylation sites is 1. The molecule has 0 aliphatic carbocycles. The topological polar surface area (TPSA) is 46.2 Å². The smallest absolute Gasteiger partial charge is 0.262 e. The molecule has 0 spiro atoms. The summed E-state index contributed by atoms with van der Waals surface area (Å²) in [7, 11) is -3.58. The highest BCUT2D eigenvalue weighted by molar-refractivity contribution is 9.10. The van der Waals surface area contributed by atoms with E-state index in [2.05, 4.69) is 20.7 Å². The van der Waals surface area contributed by atoms with Crippen LogP contribution >= 0.6 is 15.9 Å². The van der Waals surface area contributed by atoms with Gasteiger partial charge >= 0.3 is 0 Å². The number of rotatable bonds is 4. The molecule has 3 nitrogen and oxygen atoms in total. The van der Waals surface area contributed by atoms with Crippen molar-refractivity contribution in [3.63, 3.8) is 0 Å². The van der Waals surface area contributed by atoms with E-state index in [4.69, 9.17) is 0 Å². The van der Waals surface area contributed by atoms with Crippen LogP contribution in [0.3, 0.4) is 0 Å². The van der Waals surface area contributed by atoms with Crippen molar-refractivity contribution in [2.45, 2.75) is 25.2 Å². The minimum Gasteiger partial charge on any atom is -0.279 e. The van der Waals surface area contributed by atoms with Gasteiger partial charge in [-0.1, -0.05) is 47.1 Å². The van der Waals surface area contributed by atoms with Crippen LogP contribution in [0, 0.1) is 6.92 Å². The maximum atomic E-state index is 12.5. The Kier molecular flexibility index (Phi) is 4.50. The van der Waals surface area contributed by atoms with E-state index in [9.17, 15) is 8.42 Å². The fraction of sp³-hybridized carbons (Fsp3) is 0.200. The summed E-state index contributed by atoms with van der Waals surface area (Å²) in [6, 6.07) is 12.7. The molecular formula is C15H16BrNO2S. The van der Waals surface area contributed by atoms with Crippen molar-refractivity contribution in [3.8, 4) is 0 Å². The Morgan fingerprint density at radius 1 is 1.15 bits per heavy atom. The average molecular weight is 354 g/mol. The number of aryl methyl sites for hydroxylation is 2.